The molecule has 3 nitrogen and oxygen atoms in total. The summed E-state index contributed by atoms with van der Waals surface area (Å²) in [6.07, 6.45) is 8.77. The molecule has 0 amide bonds. The highest BCUT2D eigenvalue weighted by Crippen LogP contribution is 2.25. The van der Waals surface area contributed by atoms with Gasteiger partial charge in [0, 0.05) is 6.54 Å². The Kier molecular flexibility index (Phi) is 4.60. The predicted octanol–water partition coefficient (Wildman–Crippen LogP) is 3.32. The minimum Gasteiger partial charge on any atom is -0.447 e. The Morgan fingerprint density at radius 3 is 3.18 bits per heavy atom. The smallest absolute Gasteiger partial charge is 0.180 e. The lowest BCUT2D eigenvalue weighted by Crippen LogP contribution is -2.35. The molecule has 96 valence electrons. The lowest BCUT2D eigenvalue weighted by Gasteiger charge is -2.33. The third-order valence-corrected chi connectivity index (χ3v) is 3.90. The molecule has 17 heavy (non-hydrogen) atoms. The molecule has 1 aliphatic rings. The molecule has 1 aliphatic heterocycles. The Morgan fingerprint density at radius 2 is 2.47 bits per heavy atom. The zero-order valence-corrected chi connectivity index (χ0v) is 11.1. The van der Waals surface area contributed by atoms with Gasteiger partial charge in [-0.25, -0.2) is 4.98 Å². The summed E-state index contributed by atoms with van der Waals surface area (Å²) >= 11 is 0. The van der Waals surface area contributed by atoms with E-state index in [0.29, 0.717) is 0 Å². The van der Waals surface area contributed by atoms with E-state index < -0.39 is 0 Å². The van der Waals surface area contributed by atoms with Gasteiger partial charge >= 0.3 is 0 Å². The quantitative estimate of drug-likeness (QED) is 0.785. The standard InChI is InChI=1S/C14H24N2O/c1-3-12(2)7-13-5-4-6-16(9-13)10-14-8-15-11-17-14/h8,11-13H,3-7,9-10H2,1-2H3. The molecule has 0 aliphatic carbocycles. The summed E-state index contributed by atoms with van der Waals surface area (Å²) in [5.41, 5.74) is 0. The molecule has 1 aromatic heterocycles. The van der Waals surface area contributed by atoms with Crippen molar-refractivity contribution in [1.29, 1.82) is 0 Å². The number of rotatable bonds is 5. The average molecular weight is 236 g/mol. The fourth-order valence-corrected chi connectivity index (χ4v) is 2.76. The van der Waals surface area contributed by atoms with Crippen molar-refractivity contribution in [3.05, 3.63) is 18.4 Å². The maximum Gasteiger partial charge on any atom is 0.180 e. The lowest BCUT2D eigenvalue weighted by atomic mass is 9.88. The van der Waals surface area contributed by atoms with Gasteiger partial charge in [0.15, 0.2) is 6.39 Å². The molecule has 1 saturated heterocycles. The van der Waals surface area contributed by atoms with Crippen molar-refractivity contribution in [2.45, 2.75) is 46.1 Å². The lowest BCUT2D eigenvalue weighted by molar-refractivity contribution is 0.142. The van der Waals surface area contributed by atoms with E-state index in [9.17, 15) is 0 Å². The van der Waals surface area contributed by atoms with E-state index in [-0.39, 0.29) is 0 Å². The minimum atomic E-state index is 0.866. The Morgan fingerprint density at radius 1 is 1.59 bits per heavy atom. The van der Waals surface area contributed by atoms with Crippen LogP contribution in [0.15, 0.2) is 17.0 Å². The van der Waals surface area contributed by atoms with Crippen LogP contribution >= 0.6 is 0 Å². The summed E-state index contributed by atoms with van der Waals surface area (Å²) in [4.78, 5) is 6.49. The van der Waals surface area contributed by atoms with Crippen molar-refractivity contribution in [2.75, 3.05) is 13.1 Å². The molecule has 0 bridgehead atoms. The first kappa shape index (κ1) is 12.6. The Hall–Kier alpha value is -0.830. The molecule has 0 saturated carbocycles. The van der Waals surface area contributed by atoms with Crippen molar-refractivity contribution in [2.24, 2.45) is 11.8 Å². The molecule has 2 rings (SSSR count). The molecular weight excluding hydrogens is 212 g/mol. The van der Waals surface area contributed by atoms with Gasteiger partial charge in [0.2, 0.25) is 0 Å². The predicted molar refractivity (Wildman–Crippen MR) is 68.6 cm³/mol. The van der Waals surface area contributed by atoms with Crippen LogP contribution in [0.1, 0.15) is 45.3 Å². The van der Waals surface area contributed by atoms with Crippen molar-refractivity contribution in [3.63, 3.8) is 0 Å². The maximum absolute atomic E-state index is 5.32. The van der Waals surface area contributed by atoms with Gasteiger partial charge in [-0.15, -0.1) is 0 Å². The summed E-state index contributed by atoms with van der Waals surface area (Å²) in [7, 11) is 0. The van der Waals surface area contributed by atoms with Crippen LogP contribution in [0, 0.1) is 11.8 Å². The first-order chi connectivity index (χ1) is 8.28. The Labute approximate surface area is 104 Å². The van der Waals surface area contributed by atoms with Crippen LogP contribution in [-0.4, -0.2) is 23.0 Å². The third kappa shape index (κ3) is 3.84. The first-order valence-corrected chi connectivity index (χ1v) is 6.87. The van der Waals surface area contributed by atoms with Gasteiger partial charge in [0.1, 0.15) is 5.76 Å². The summed E-state index contributed by atoms with van der Waals surface area (Å²) in [5, 5.41) is 0. The number of hydrogen-bond donors (Lipinski definition) is 0. The van der Waals surface area contributed by atoms with Crippen LogP contribution in [0.4, 0.5) is 0 Å². The number of nitrogens with zero attached hydrogens (tertiary/aromatic N) is 2. The maximum atomic E-state index is 5.32. The van der Waals surface area contributed by atoms with Gasteiger partial charge < -0.3 is 4.42 Å². The SMILES string of the molecule is CCC(C)CC1CCCN(Cc2cnco2)C1. The normalized spacial score (nSPS) is 23.8. The van der Waals surface area contributed by atoms with E-state index in [1.54, 1.807) is 0 Å². The second-order valence-corrected chi connectivity index (χ2v) is 5.46. The Balaban J connectivity index is 1.80. The fraction of sp³-hybridized carbons (Fsp3) is 0.786. The van der Waals surface area contributed by atoms with Crippen LogP contribution in [0.5, 0.6) is 0 Å². The molecule has 3 heteroatoms. The monoisotopic (exact) mass is 236 g/mol. The minimum absolute atomic E-state index is 0.866. The number of aromatic nitrogens is 1. The fourth-order valence-electron chi connectivity index (χ4n) is 2.76. The second-order valence-electron chi connectivity index (χ2n) is 5.46. The number of oxazole rings is 1. The highest BCUT2D eigenvalue weighted by Gasteiger charge is 2.21. The van der Waals surface area contributed by atoms with Crippen LogP contribution in [0.25, 0.3) is 0 Å². The number of hydrogen-bond acceptors (Lipinski definition) is 3. The van der Waals surface area contributed by atoms with E-state index in [0.717, 1.165) is 24.1 Å². The third-order valence-electron chi connectivity index (χ3n) is 3.90. The molecule has 0 spiro atoms. The van der Waals surface area contributed by atoms with Gasteiger partial charge in [-0.1, -0.05) is 20.3 Å². The van der Waals surface area contributed by atoms with Gasteiger partial charge in [-0.2, -0.15) is 0 Å². The van der Waals surface area contributed by atoms with E-state index in [2.05, 4.69) is 23.7 Å². The molecule has 0 radical (unpaired) electrons. The van der Waals surface area contributed by atoms with E-state index in [1.807, 2.05) is 6.20 Å². The molecule has 0 N–H and O–H groups in total. The molecule has 2 atom stereocenters. The van der Waals surface area contributed by atoms with Crippen LogP contribution < -0.4 is 0 Å². The summed E-state index contributed by atoms with van der Waals surface area (Å²) in [6, 6.07) is 0. The van der Waals surface area contributed by atoms with Crippen LogP contribution in [0.3, 0.4) is 0 Å². The van der Waals surface area contributed by atoms with Gasteiger partial charge in [-0.05, 0) is 37.6 Å². The Bertz CT molecular complexity index is 310. The topological polar surface area (TPSA) is 29.3 Å². The van der Waals surface area contributed by atoms with E-state index in [4.69, 9.17) is 4.42 Å². The average Bonchev–Trinajstić information content (AvgIpc) is 2.82. The zero-order chi connectivity index (χ0) is 12.1. The zero-order valence-electron chi connectivity index (χ0n) is 11.1. The van der Waals surface area contributed by atoms with Crippen molar-refractivity contribution in [3.8, 4) is 0 Å². The number of piperidine rings is 1. The van der Waals surface area contributed by atoms with Crippen LogP contribution in [-0.2, 0) is 6.54 Å². The highest BCUT2D eigenvalue weighted by atomic mass is 16.3. The van der Waals surface area contributed by atoms with Crippen molar-refractivity contribution in [1.82, 2.24) is 9.88 Å². The van der Waals surface area contributed by atoms with Crippen LogP contribution in [0.2, 0.25) is 0 Å². The largest absolute Gasteiger partial charge is 0.447 e. The summed E-state index contributed by atoms with van der Waals surface area (Å²) in [5.74, 6) is 2.74. The molecule has 0 aromatic carbocycles. The second kappa shape index (κ2) is 6.20. The van der Waals surface area contributed by atoms with E-state index >= 15 is 0 Å². The molecule has 1 fully saturated rings. The van der Waals surface area contributed by atoms with Gasteiger partial charge in [0.05, 0.1) is 12.7 Å². The van der Waals surface area contributed by atoms with Crippen molar-refractivity contribution < 1.29 is 4.42 Å². The molecular formula is C14H24N2O. The van der Waals surface area contributed by atoms with Crippen molar-refractivity contribution >= 4 is 0 Å². The molecule has 1 aromatic rings. The first-order valence-electron chi connectivity index (χ1n) is 6.87. The van der Waals surface area contributed by atoms with E-state index in [1.165, 1.54) is 45.2 Å². The van der Waals surface area contributed by atoms with Gasteiger partial charge in [-0.3, -0.25) is 4.90 Å². The van der Waals surface area contributed by atoms with Gasteiger partial charge in [0.25, 0.3) is 0 Å². The highest BCUT2D eigenvalue weighted by molar-refractivity contribution is 4.89. The summed E-state index contributed by atoms with van der Waals surface area (Å²) in [6.45, 7) is 8.02. The molecule has 2 unspecified atom stereocenters. The number of likely N-dealkylation sites (tertiary alicyclic amines) is 1. The molecule has 2 heterocycles. The summed E-state index contributed by atoms with van der Waals surface area (Å²) < 4.78 is 5.32.